The zero-order valence-electron chi connectivity index (χ0n) is 10.4. The van der Waals surface area contributed by atoms with Gasteiger partial charge in [-0.2, -0.15) is 0 Å². The fourth-order valence-electron chi connectivity index (χ4n) is 1.65. The molecule has 2 aromatic carbocycles. The summed E-state index contributed by atoms with van der Waals surface area (Å²) < 4.78 is 6.43. The molecule has 0 unspecified atom stereocenters. The van der Waals surface area contributed by atoms with Crippen LogP contribution in [0.2, 0.25) is 5.02 Å². The van der Waals surface area contributed by atoms with E-state index in [4.69, 9.17) is 27.8 Å². The Bertz CT molecular complexity index is 641. The Hall–Kier alpha value is -1.72. The average Bonchev–Trinajstić information content (AvgIpc) is 2.39. The highest BCUT2D eigenvalue weighted by molar-refractivity contribution is 9.10. The lowest BCUT2D eigenvalue weighted by Crippen LogP contribution is -2.11. The Balaban J connectivity index is 2.17. The number of halogens is 2. The highest BCUT2D eigenvalue weighted by Crippen LogP contribution is 2.32. The van der Waals surface area contributed by atoms with Crippen LogP contribution in [0.5, 0.6) is 5.75 Å². The SMILES string of the molecule is NC(=O)c1ccc(COc2c(N)cccc2Br)c(Cl)c1. The minimum Gasteiger partial charge on any atom is -0.485 e. The predicted molar refractivity (Wildman–Crippen MR) is 82.9 cm³/mol. The quantitative estimate of drug-likeness (QED) is 0.825. The summed E-state index contributed by atoms with van der Waals surface area (Å²) in [6.45, 7) is 0.241. The number of rotatable bonds is 4. The van der Waals surface area contributed by atoms with Crippen molar-refractivity contribution in [3.05, 3.63) is 57.0 Å². The first kappa shape index (κ1) is 14.7. The number of carbonyl (C=O) groups excluding carboxylic acids is 1. The molecule has 1 amide bonds. The molecular weight excluding hydrogens is 344 g/mol. The van der Waals surface area contributed by atoms with Crippen LogP contribution in [0, 0.1) is 0 Å². The Morgan fingerprint density at radius 2 is 2.05 bits per heavy atom. The van der Waals surface area contributed by atoms with Gasteiger partial charge in [-0.3, -0.25) is 4.79 Å². The number of hydrogen-bond acceptors (Lipinski definition) is 3. The van der Waals surface area contributed by atoms with Gasteiger partial charge in [0.05, 0.1) is 10.2 Å². The lowest BCUT2D eigenvalue weighted by Gasteiger charge is -2.12. The first-order chi connectivity index (χ1) is 9.49. The molecule has 0 saturated carbocycles. The van der Waals surface area contributed by atoms with Gasteiger partial charge in [0.1, 0.15) is 6.61 Å². The highest BCUT2D eigenvalue weighted by atomic mass is 79.9. The molecule has 0 radical (unpaired) electrons. The summed E-state index contributed by atoms with van der Waals surface area (Å²) in [6, 6.07) is 10.2. The second-order valence-corrected chi connectivity index (χ2v) is 5.38. The first-order valence-corrected chi connectivity index (χ1v) is 6.91. The molecule has 0 fully saturated rings. The van der Waals surface area contributed by atoms with Crippen molar-refractivity contribution in [2.75, 3.05) is 5.73 Å². The number of anilines is 1. The number of carbonyl (C=O) groups is 1. The summed E-state index contributed by atoms with van der Waals surface area (Å²) in [7, 11) is 0. The van der Waals surface area contributed by atoms with Gasteiger partial charge in [0.2, 0.25) is 5.91 Å². The maximum atomic E-state index is 11.0. The molecule has 0 spiro atoms. The van der Waals surface area contributed by atoms with Crippen molar-refractivity contribution in [3.8, 4) is 5.75 Å². The number of primary amides is 1. The standard InChI is InChI=1S/C14H12BrClN2O2/c15-10-2-1-3-12(17)13(10)20-7-9-5-4-8(14(18)19)6-11(9)16/h1-6H,7,17H2,(H2,18,19). The van der Waals surface area contributed by atoms with E-state index in [0.29, 0.717) is 22.0 Å². The van der Waals surface area contributed by atoms with Crippen LogP contribution in [0.25, 0.3) is 0 Å². The fourth-order valence-corrected chi connectivity index (χ4v) is 2.38. The Morgan fingerprint density at radius 3 is 2.65 bits per heavy atom. The average molecular weight is 356 g/mol. The molecule has 0 aliphatic rings. The third-order valence-corrected chi connectivity index (χ3v) is 3.68. The van der Waals surface area contributed by atoms with Crippen molar-refractivity contribution in [2.24, 2.45) is 5.73 Å². The normalized spacial score (nSPS) is 10.3. The number of benzene rings is 2. The van der Waals surface area contributed by atoms with Gasteiger partial charge in [-0.25, -0.2) is 0 Å². The van der Waals surface area contributed by atoms with Crippen molar-refractivity contribution in [2.45, 2.75) is 6.61 Å². The van der Waals surface area contributed by atoms with Gasteiger partial charge in [-0.1, -0.05) is 23.7 Å². The van der Waals surface area contributed by atoms with E-state index in [1.54, 1.807) is 18.2 Å². The van der Waals surface area contributed by atoms with Crippen LogP contribution in [-0.4, -0.2) is 5.91 Å². The van der Waals surface area contributed by atoms with Crippen molar-refractivity contribution in [3.63, 3.8) is 0 Å². The number of hydrogen-bond donors (Lipinski definition) is 2. The Labute approximate surface area is 129 Å². The topological polar surface area (TPSA) is 78.3 Å². The maximum absolute atomic E-state index is 11.0. The fraction of sp³-hybridized carbons (Fsp3) is 0.0714. The van der Waals surface area contributed by atoms with Crippen LogP contribution in [0.1, 0.15) is 15.9 Å². The van der Waals surface area contributed by atoms with E-state index < -0.39 is 5.91 Å². The molecule has 2 rings (SSSR count). The lowest BCUT2D eigenvalue weighted by molar-refractivity contribution is 0.1000. The van der Waals surface area contributed by atoms with Gasteiger partial charge in [0.15, 0.2) is 5.75 Å². The molecule has 0 aliphatic heterocycles. The Kier molecular flexibility index (Phi) is 4.52. The van der Waals surface area contributed by atoms with E-state index in [2.05, 4.69) is 15.9 Å². The maximum Gasteiger partial charge on any atom is 0.248 e. The summed E-state index contributed by atoms with van der Waals surface area (Å²) >= 11 is 9.46. The highest BCUT2D eigenvalue weighted by Gasteiger charge is 2.09. The molecule has 0 aromatic heterocycles. The molecule has 6 heteroatoms. The van der Waals surface area contributed by atoms with Crippen molar-refractivity contribution in [1.29, 1.82) is 0 Å². The Morgan fingerprint density at radius 1 is 1.30 bits per heavy atom. The van der Waals surface area contributed by atoms with Gasteiger partial charge >= 0.3 is 0 Å². The van der Waals surface area contributed by atoms with Crippen LogP contribution < -0.4 is 16.2 Å². The number of ether oxygens (including phenoxy) is 1. The summed E-state index contributed by atoms with van der Waals surface area (Å²) in [4.78, 5) is 11.0. The molecule has 2 aromatic rings. The molecule has 20 heavy (non-hydrogen) atoms. The smallest absolute Gasteiger partial charge is 0.248 e. The number of para-hydroxylation sites is 1. The minimum atomic E-state index is -0.519. The molecule has 4 N–H and O–H groups in total. The van der Waals surface area contributed by atoms with Gasteiger partial charge in [-0.15, -0.1) is 0 Å². The van der Waals surface area contributed by atoms with Crippen LogP contribution in [-0.2, 0) is 6.61 Å². The second-order valence-electron chi connectivity index (χ2n) is 4.12. The van der Waals surface area contributed by atoms with Crippen molar-refractivity contribution >= 4 is 39.1 Å². The third-order valence-electron chi connectivity index (χ3n) is 2.71. The predicted octanol–water partition coefficient (Wildman–Crippen LogP) is 3.36. The molecule has 4 nitrogen and oxygen atoms in total. The summed E-state index contributed by atoms with van der Waals surface area (Å²) in [5.41, 5.74) is 12.7. The van der Waals surface area contributed by atoms with Crippen LogP contribution in [0.4, 0.5) is 5.69 Å². The summed E-state index contributed by atoms with van der Waals surface area (Å²) in [6.07, 6.45) is 0. The minimum absolute atomic E-state index is 0.241. The molecule has 0 bridgehead atoms. The monoisotopic (exact) mass is 354 g/mol. The van der Waals surface area contributed by atoms with E-state index in [-0.39, 0.29) is 6.61 Å². The van der Waals surface area contributed by atoms with Gasteiger partial charge in [0, 0.05) is 16.1 Å². The number of amides is 1. The van der Waals surface area contributed by atoms with E-state index in [1.165, 1.54) is 6.07 Å². The molecule has 0 saturated heterocycles. The van der Waals surface area contributed by atoms with Crippen LogP contribution >= 0.6 is 27.5 Å². The molecule has 0 aliphatic carbocycles. The molecule has 104 valence electrons. The van der Waals surface area contributed by atoms with Gasteiger partial charge in [0.25, 0.3) is 0 Å². The van der Waals surface area contributed by atoms with Gasteiger partial charge in [-0.05, 0) is 40.2 Å². The van der Waals surface area contributed by atoms with Crippen molar-refractivity contribution in [1.82, 2.24) is 0 Å². The van der Waals surface area contributed by atoms with E-state index in [0.717, 1.165) is 10.0 Å². The zero-order chi connectivity index (χ0) is 14.7. The van der Waals surface area contributed by atoms with Crippen LogP contribution in [0.15, 0.2) is 40.9 Å². The first-order valence-electron chi connectivity index (χ1n) is 5.74. The number of nitrogen functional groups attached to an aromatic ring is 1. The largest absolute Gasteiger partial charge is 0.485 e. The van der Waals surface area contributed by atoms with Crippen molar-refractivity contribution < 1.29 is 9.53 Å². The summed E-state index contributed by atoms with van der Waals surface area (Å²) in [5.74, 6) is 0.0389. The third kappa shape index (κ3) is 3.23. The van der Waals surface area contributed by atoms with E-state index in [1.807, 2.05) is 12.1 Å². The second kappa shape index (κ2) is 6.15. The molecule has 0 atom stereocenters. The van der Waals surface area contributed by atoms with E-state index >= 15 is 0 Å². The van der Waals surface area contributed by atoms with Gasteiger partial charge < -0.3 is 16.2 Å². The van der Waals surface area contributed by atoms with E-state index in [9.17, 15) is 4.79 Å². The lowest BCUT2D eigenvalue weighted by atomic mass is 10.1. The van der Waals surface area contributed by atoms with Crippen LogP contribution in [0.3, 0.4) is 0 Å². The molecule has 0 heterocycles. The summed E-state index contributed by atoms with van der Waals surface area (Å²) in [5, 5.41) is 0.423. The zero-order valence-corrected chi connectivity index (χ0v) is 12.7. The number of nitrogens with two attached hydrogens (primary N) is 2. The molecular formula is C14H12BrClN2O2.